The SMILES string of the molecule is CC(=O)c1ccc(CN(CC2CC2)C(=O)c2ncc(Oc3ccccc3F)cn2)cc1. The van der Waals surface area contributed by atoms with Crippen LogP contribution in [0.1, 0.15) is 46.3 Å². The minimum Gasteiger partial charge on any atom is -0.451 e. The van der Waals surface area contributed by atoms with Crippen LogP contribution in [0.4, 0.5) is 4.39 Å². The van der Waals surface area contributed by atoms with Crippen molar-refractivity contribution in [3.05, 3.63) is 83.7 Å². The molecule has 0 unspecified atom stereocenters. The Morgan fingerprint density at radius 1 is 1.06 bits per heavy atom. The number of amides is 1. The summed E-state index contributed by atoms with van der Waals surface area (Å²) in [5.41, 5.74) is 1.57. The van der Waals surface area contributed by atoms with Crippen molar-refractivity contribution >= 4 is 11.7 Å². The van der Waals surface area contributed by atoms with Crippen molar-refractivity contribution in [1.82, 2.24) is 14.9 Å². The standard InChI is InChI=1S/C24H22FN3O3/c1-16(29)19-10-8-18(9-11-19)15-28(14-17-6-7-17)24(30)23-26-12-20(13-27-23)31-22-5-3-2-4-21(22)25/h2-5,8-13,17H,6-7,14-15H2,1H3. The Morgan fingerprint density at radius 2 is 1.74 bits per heavy atom. The molecule has 0 N–H and O–H groups in total. The molecule has 7 heteroatoms. The number of para-hydroxylation sites is 1. The van der Waals surface area contributed by atoms with Gasteiger partial charge in [-0.15, -0.1) is 0 Å². The molecule has 2 aromatic carbocycles. The summed E-state index contributed by atoms with van der Waals surface area (Å²) >= 11 is 0. The molecule has 6 nitrogen and oxygen atoms in total. The van der Waals surface area contributed by atoms with Crippen LogP contribution in [-0.4, -0.2) is 33.1 Å². The number of ether oxygens (including phenoxy) is 1. The summed E-state index contributed by atoms with van der Waals surface area (Å²) in [4.78, 5) is 34.5. The van der Waals surface area contributed by atoms with Gasteiger partial charge in [0, 0.05) is 18.7 Å². The highest BCUT2D eigenvalue weighted by molar-refractivity contribution is 5.94. The molecule has 1 aliphatic rings. The summed E-state index contributed by atoms with van der Waals surface area (Å²) in [6.45, 7) is 2.56. The predicted octanol–water partition coefficient (Wildman–Crippen LogP) is 4.66. The maximum absolute atomic E-state index is 13.7. The fraction of sp³-hybridized carbons (Fsp3) is 0.250. The summed E-state index contributed by atoms with van der Waals surface area (Å²) in [6.07, 6.45) is 4.93. The molecule has 0 saturated heterocycles. The van der Waals surface area contributed by atoms with Crippen LogP contribution in [0, 0.1) is 11.7 Å². The molecule has 1 heterocycles. The van der Waals surface area contributed by atoms with Crippen LogP contribution in [0.3, 0.4) is 0 Å². The zero-order chi connectivity index (χ0) is 21.8. The van der Waals surface area contributed by atoms with Gasteiger partial charge in [-0.25, -0.2) is 14.4 Å². The van der Waals surface area contributed by atoms with E-state index in [1.807, 2.05) is 12.1 Å². The second kappa shape index (κ2) is 9.04. The van der Waals surface area contributed by atoms with Crippen LogP contribution in [-0.2, 0) is 6.54 Å². The van der Waals surface area contributed by atoms with Crippen LogP contribution >= 0.6 is 0 Å². The number of benzene rings is 2. The van der Waals surface area contributed by atoms with Gasteiger partial charge in [0.25, 0.3) is 5.91 Å². The largest absolute Gasteiger partial charge is 0.451 e. The molecule has 158 valence electrons. The first kappa shape index (κ1) is 20.7. The number of hydrogen-bond donors (Lipinski definition) is 0. The highest BCUT2D eigenvalue weighted by atomic mass is 19.1. The maximum atomic E-state index is 13.7. The van der Waals surface area contributed by atoms with E-state index in [-0.39, 0.29) is 29.0 Å². The van der Waals surface area contributed by atoms with E-state index >= 15 is 0 Å². The van der Waals surface area contributed by atoms with Crippen LogP contribution in [0.15, 0.2) is 60.9 Å². The summed E-state index contributed by atoms with van der Waals surface area (Å²) < 4.78 is 19.2. The molecule has 4 rings (SSSR count). The minimum absolute atomic E-state index is 0.00329. The van der Waals surface area contributed by atoms with E-state index in [1.165, 1.54) is 31.5 Å². The lowest BCUT2D eigenvalue weighted by Crippen LogP contribution is -2.33. The quantitative estimate of drug-likeness (QED) is 0.497. The maximum Gasteiger partial charge on any atom is 0.291 e. The van der Waals surface area contributed by atoms with Crippen molar-refractivity contribution in [2.24, 2.45) is 5.92 Å². The van der Waals surface area contributed by atoms with Gasteiger partial charge in [0.2, 0.25) is 5.82 Å². The van der Waals surface area contributed by atoms with Gasteiger partial charge in [-0.1, -0.05) is 36.4 Å². The minimum atomic E-state index is -0.492. The molecule has 0 radical (unpaired) electrons. The van der Waals surface area contributed by atoms with E-state index in [4.69, 9.17) is 4.74 Å². The lowest BCUT2D eigenvalue weighted by Gasteiger charge is -2.22. The van der Waals surface area contributed by atoms with Gasteiger partial charge < -0.3 is 9.64 Å². The monoisotopic (exact) mass is 419 g/mol. The first-order valence-corrected chi connectivity index (χ1v) is 10.1. The zero-order valence-corrected chi connectivity index (χ0v) is 17.1. The van der Waals surface area contributed by atoms with Crippen LogP contribution in [0.2, 0.25) is 0 Å². The van der Waals surface area contributed by atoms with E-state index in [0.29, 0.717) is 24.6 Å². The zero-order valence-electron chi connectivity index (χ0n) is 17.1. The lowest BCUT2D eigenvalue weighted by atomic mass is 10.1. The van der Waals surface area contributed by atoms with Crippen LogP contribution < -0.4 is 4.74 Å². The number of halogens is 1. The van der Waals surface area contributed by atoms with Gasteiger partial charge in [0.15, 0.2) is 23.1 Å². The Hall–Kier alpha value is -3.61. The van der Waals surface area contributed by atoms with Gasteiger partial charge >= 0.3 is 0 Å². The van der Waals surface area contributed by atoms with Gasteiger partial charge in [-0.3, -0.25) is 9.59 Å². The predicted molar refractivity (Wildman–Crippen MR) is 112 cm³/mol. The number of Topliss-reactive ketones (excluding diaryl/α,β-unsaturated/α-hetero) is 1. The molecule has 0 aliphatic heterocycles. The summed E-state index contributed by atoms with van der Waals surface area (Å²) in [7, 11) is 0. The fourth-order valence-electron chi connectivity index (χ4n) is 3.17. The number of carbonyl (C=O) groups excluding carboxylic acids is 2. The third-order valence-electron chi connectivity index (χ3n) is 5.08. The Kier molecular flexibility index (Phi) is 6.02. The smallest absolute Gasteiger partial charge is 0.291 e. The molecule has 1 fully saturated rings. The highest BCUT2D eigenvalue weighted by Gasteiger charge is 2.28. The second-order valence-electron chi connectivity index (χ2n) is 7.66. The number of carbonyl (C=O) groups is 2. The van der Waals surface area contributed by atoms with Crippen molar-refractivity contribution in [3.63, 3.8) is 0 Å². The van der Waals surface area contributed by atoms with E-state index in [2.05, 4.69) is 9.97 Å². The second-order valence-corrected chi connectivity index (χ2v) is 7.66. The molecule has 1 aromatic heterocycles. The van der Waals surface area contributed by atoms with Crippen molar-refractivity contribution in [1.29, 1.82) is 0 Å². The van der Waals surface area contributed by atoms with Crippen molar-refractivity contribution < 1.29 is 18.7 Å². The molecule has 31 heavy (non-hydrogen) atoms. The van der Waals surface area contributed by atoms with E-state index in [9.17, 15) is 14.0 Å². The van der Waals surface area contributed by atoms with Gasteiger partial charge in [-0.2, -0.15) is 0 Å². The number of aromatic nitrogens is 2. The molecular formula is C24H22FN3O3. The van der Waals surface area contributed by atoms with Gasteiger partial charge in [0.1, 0.15) is 0 Å². The summed E-state index contributed by atoms with van der Waals surface area (Å²) in [5.74, 6) is 0.0911. The molecule has 1 aliphatic carbocycles. The topological polar surface area (TPSA) is 72.4 Å². The Bertz CT molecular complexity index is 1080. The van der Waals surface area contributed by atoms with Gasteiger partial charge in [-0.05, 0) is 43.4 Å². The molecule has 0 bridgehead atoms. The van der Waals surface area contributed by atoms with Crippen molar-refractivity contribution in [3.8, 4) is 11.5 Å². The molecule has 0 atom stereocenters. The number of ketones is 1. The molecule has 0 spiro atoms. The fourth-order valence-corrected chi connectivity index (χ4v) is 3.17. The summed E-state index contributed by atoms with van der Waals surface area (Å²) in [5, 5.41) is 0. The summed E-state index contributed by atoms with van der Waals surface area (Å²) in [6, 6.07) is 13.3. The first-order valence-electron chi connectivity index (χ1n) is 10.1. The van der Waals surface area contributed by atoms with Crippen LogP contribution in [0.25, 0.3) is 0 Å². The Morgan fingerprint density at radius 3 is 2.35 bits per heavy atom. The third-order valence-corrected chi connectivity index (χ3v) is 5.08. The molecule has 1 amide bonds. The third kappa shape index (κ3) is 5.31. The highest BCUT2D eigenvalue weighted by Crippen LogP contribution is 2.30. The average Bonchev–Trinajstić information content (AvgIpc) is 3.59. The molecular weight excluding hydrogens is 397 g/mol. The molecule has 3 aromatic rings. The van der Waals surface area contributed by atoms with E-state index in [0.717, 1.165) is 18.4 Å². The average molecular weight is 419 g/mol. The Labute approximate surface area is 179 Å². The van der Waals surface area contributed by atoms with Crippen molar-refractivity contribution in [2.45, 2.75) is 26.3 Å². The lowest BCUT2D eigenvalue weighted by molar-refractivity contribution is 0.0722. The van der Waals surface area contributed by atoms with Crippen LogP contribution in [0.5, 0.6) is 11.5 Å². The number of nitrogens with zero attached hydrogens (tertiary/aromatic N) is 3. The normalized spacial score (nSPS) is 13.0. The first-order chi connectivity index (χ1) is 15.0. The van der Waals surface area contributed by atoms with E-state index < -0.39 is 5.82 Å². The number of rotatable bonds is 8. The Balaban J connectivity index is 1.47. The van der Waals surface area contributed by atoms with Gasteiger partial charge in [0.05, 0.1) is 12.4 Å². The number of hydrogen-bond acceptors (Lipinski definition) is 5. The van der Waals surface area contributed by atoms with E-state index in [1.54, 1.807) is 29.2 Å². The molecule has 1 saturated carbocycles. The van der Waals surface area contributed by atoms with Crippen molar-refractivity contribution in [2.75, 3.05) is 6.54 Å².